The molecule has 3 aromatic heterocycles. The van der Waals surface area contributed by atoms with E-state index in [2.05, 4.69) is 15.2 Å². The Hall–Kier alpha value is -4.21. The molecule has 35 heavy (non-hydrogen) atoms. The summed E-state index contributed by atoms with van der Waals surface area (Å²) in [7, 11) is 4.98. The number of benzene rings is 1. The van der Waals surface area contributed by atoms with Crippen molar-refractivity contribution >= 4 is 5.91 Å². The van der Waals surface area contributed by atoms with E-state index in [0.29, 0.717) is 34.4 Å². The number of nitrogens with zero attached hydrogens (tertiary/aromatic N) is 6. The second kappa shape index (κ2) is 9.21. The Morgan fingerprint density at radius 1 is 1.20 bits per heavy atom. The molecule has 0 bridgehead atoms. The van der Waals surface area contributed by atoms with Crippen molar-refractivity contribution < 1.29 is 18.8 Å². The summed E-state index contributed by atoms with van der Waals surface area (Å²) in [4.78, 5) is 24.3. The molecular formula is C25H26N6O4. The van der Waals surface area contributed by atoms with E-state index >= 15 is 0 Å². The Morgan fingerprint density at radius 3 is 2.71 bits per heavy atom. The second-order valence-corrected chi connectivity index (χ2v) is 8.45. The maximum Gasteiger partial charge on any atom is 0.257 e. The molecule has 1 fully saturated rings. The van der Waals surface area contributed by atoms with Crippen molar-refractivity contribution in [3.8, 4) is 28.7 Å². The van der Waals surface area contributed by atoms with Crippen molar-refractivity contribution in [3.05, 3.63) is 65.9 Å². The number of rotatable bonds is 8. The van der Waals surface area contributed by atoms with Gasteiger partial charge in [0.1, 0.15) is 23.5 Å². The van der Waals surface area contributed by atoms with Crippen molar-refractivity contribution in [3.63, 3.8) is 0 Å². The average molecular weight is 475 g/mol. The lowest BCUT2D eigenvalue weighted by Crippen LogP contribution is -2.30. The summed E-state index contributed by atoms with van der Waals surface area (Å²) in [6.07, 6.45) is 6.74. The van der Waals surface area contributed by atoms with E-state index in [1.54, 1.807) is 55.4 Å². The predicted octanol–water partition coefficient (Wildman–Crippen LogP) is 4.05. The molecule has 1 atom stereocenters. The first-order valence-electron chi connectivity index (χ1n) is 11.3. The molecule has 0 radical (unpaired) electrons. The van der Waals surface area contributed by atoms with Crippen LogP contribution in [0.5, 0.6) is 11.5 Å². The molecule has 3 heterocycles. The van der Waals surface area contributed by atoms with Gasteiger partial charge in [0.2, 0.25) is 0 Å². The number of carbonyl (C=O) groups is 1. The summed E-state index contributed by atoms with van der Waals surface area (Å²) >= 11 is 0. The molecule has 10 heteroatoms. The minimum Gasteiger partial charge on any atom is -0.497 e. The number of amides is 1. The van der Waals surface area contributed by atoms with E-state index < -0.39 is 0 Å². The summed E-state index contributed by atoms with van der Waals surface area (Å²) in [5, 5.41) is 8.51. The van der Waals surface area contributed by atoms with Crippen molar-refractivity contribution in [2.45, 2.75) is 31.7 Å². The molecule has 1 aliphatic carbocycles. The van der Waals surface area contributed by atoms with Crippen LogP contribution in [0.15, 0.2) is 53.5 Å². The molecule has 10 nitrogen and oxygen atoms in total. The van der Waals surface area contributed by atoms with Gasteiger partial charge in [-0.25, -0.2) is 14.6 Å². The van der Waals surface area contributed by atoms with Crippen LogP contribution in [0.25, 0.3) is 17.2 Å². The number of hydrogen-bond donors (Lipinski definition) is 0. The van der Waals surface area contributed by atoms with Gasteiger partial charge in [-0.05, 0) is 44.0 Å². The number of methoxy groups -OCH3 is 2. The van der Waals surface area contributed by atoms with Gasteiger partial charge in [0.25, 0.3) is 11.9 Å². The first-order chi connectivity index (χ1) is 17.0. The average Bonchev–Trinajstić information content (AvgIpc) is 3.40. The largest absolute Gasteiger partial charge is 0.497 e. The maximum absolute atomic E-state index is 13.5. The zero-order valence-corrected chi connectivity index (χ0v) is 20.0. The van der Waals surface area contributed by atoms with Crippen LogP contribution in [0.2, 0.25) is 0 Å². The van der Waals surface area contributed by atoms with E-state index in [4.69, 9.17) is 19.0 Å². The molecule has 0 spiro atoms. The smallest absolute Gasteiger partial charge is 0.257 e. The molecule has 1 aromatic carbocycles. The lowest BCUT2D eigenvalue weighted by Gasteiger charge is -2.23. The molecule has 1 aliphatic rings. The van der Waals surface area contributed by atoms with Crippen LogP contribution in [0.4, 0.5) is 0 Å². The van der Waals surface area contributed by atoms with Crippen molar-refractivity contribution in [2.75, 3.05) is 21.3 Å². The zero-order valence-electron chi connectivity index (χ0n) is 20.0. The van der Waals surface area contributed by atoms with E-state index in [-0.39, 0.29) is 17.9 Å². The predicted molar refractivity (Wildman–Crippen MR) is 127 cm³/mol. The highest BCUT2D eigenvalue weighted by Crippen LogP contribution is 2.43. The standard InChI is InChI=1S/C25H26N6O4/c1-15(20-10-12-35-29-20)30(2)24(32)19-14-27-31(23(19)16-5-6-16)25-26-11-9-21(28-25)18-13-17(33-3)7-8-22(18)34-4/h7-16H,5-6H2,1-4H3/t15-/m1/s1. The van der Waals surface area contributed by atoms with Crippen LogP contribution in [-0.2, 0) is 0 Å². The third kappa shape index (κ3) is 4.23. The highest BCUT2D eigenvalue weighted by atomic mass is 16.5. The third-order valence-corrected chi connectivity index (χ3v) is 6.30. The molecular weight excluding hydrogens is 448 g/mol. The maximum atomic E-state index is 13.5. The van der Waals surface area contributed by atoms with Gasteiger partial charge in [0.15, 0.2) is 0 Å². The first-order valence-corrected chi connectivity index (χ1v) is 11.3. The summed E-state index contributed by atoms with van der Waals surface area (Å²) in [6, 6.07) is 8.84. The van der Waals surface area contributed by atoms with Gasteiger partial charge < -0.3 is 18.9 Å². The van der Waals surface area contributed by atoms with E-state index in [0.717, 1.165) is 24.1 Å². The quantitative estimate of drug-likeness (QED) is 0.376. The topological polar surface area (TPSA) is 108 Å². The Morgan fingerprint density at radius 2 is 2.03 bits per heavy atom. The molecule has 5 rings (SSSR count). The SMILES string of the molecule is COc1ccc(OC)c(-c2ccnc(-n3ncc(C(=O)N(C)[C@H](C)c4ccon4)c3C3CC3)n2)c1. The first kappa shape index (κ1) is 22.6. The Kier molecular flexibility index (Phi) is 5.94. The van der Waals surface area contributed by atoms with Gasteiger partial charge in [-0.15, -0.1) is 0 Å². The molecule has 0 saturated heterocycles. The van der Waals surface area contributed by atoms with Crippen LogP contribution in [0.1, 0.15) is 53.5 Å². The van der Waals surface area contributed by atoms with E-state index in [9.17, 15) is 4.79 Å². The van der Waals surface area contributed by atoms with E-state index in [1.807, 2.05) is 25.1 Å². The summed E-state index contributed by atoms with van der Waals surface area (Å²) in [6.45, 7) is 1.91. The molecule has 0 aliphatic heterocycles. The fourth-order valence-electron chi connectivity index (χ4n) is 4.05. The minimum atomic E-state index is -0.253. The molecule has 180 valence electrons. The van der Waals surface area contributed by atoms with Crippen LogP contribution >= 0.6 is 0 Å². The number of ether oxygens (including phenoxy) is 2. The van der Waals surface area contributed by atoms with Crippen LogP contribution in [0.3, 0.4) is 0 Å². The highest BCUT2D eigenvalue weighted by Gasteiger charge is 2.35. The van der Waals surface area contributed by atoms with Crippen molar-refractivity contribution in [1.82, 2.24) is 29.8 Å². The molecule has 0 unspecified atom stereocenters. The normalized spacial score (nSPS) is 13.9. The van der Waals surface area contributed by atoms with Gasteiger partial charge in [-0.2, -0.15) is 5.10 Å². The molecule has 1 saturated carbocycles. The molecule has 1 amide bonds. The number of hydrogen-bond acceptors (Lipinski definition) is 8. The zero-order chi connectivity index (χ0) is 24.5. The van der Waals surface area contributed by atoms with Gasteiger partial charge in [-0.3, -0.25) is 4.79 Å². The van der Waals surface area contributed by atoms with Crippen LogP contribution in [-0.4, -0.2) is 57.0 Å². The van der Waals surface area contributed by atoms with Crippen LogP contribution in [0, 0.1) is 0 Å². The summed E-state index contributed by atoms with van der Waals surface area (Å²) < 4.78 is 17.5. The molecule has 0 N–H and O–H groups in total. The van der Waals surface area contributed by atoms with Crippen molar-refractivity contribution in [2.24, 2.45) is 0 Å². The van der Waals surface area contributed by atoms with Crippen molar-refractivity contribution in [1.29, 1.82) is 0 Å². The van der Waals surface area contributed by atoms with Gasteiger partial charge >= 0.3 is 0 Å². The lowest BCUT2D eigenvalue weighted by molar-refractivity contribution is 0.0736. The Bertz CT molecular complexity index is 1350. The monoisotopic (exact) mass is 474 g/mol. The highest BCUT2D eigenvalue weighted by molar-refractivity contribution is 5.95. The molecule has 4 aromatic rings. The summed E-state index contributed by atoms with van der Waals surface area (Å²) in [5.41, 5.74) is 3.48. The lowest BCUT2D eigenvalue weighted by atomic mass is 10.1. The third-order valence-electron chi connectivity index (χ3n) is 6.30. The number of carbonyl (C=O) groups excluding carboxylic acids is 1. The summed E-state index contributed by atoms with van der Waals surface area (Å²) in [5.74, 6) is 1.83. The fourth-order valence-corrected chi connectivity index (χ4v) is 4.05. The van der Waals surface area contributed by atoms with Gasteiger partial charge in [0, 0.05) is 30.8 Å². The van der Waals surface area contributed by atoms with Gasteiger partial charge in [-0.1, -0.05) is 5.16 Å². The second-order valence-electron chi connectivity index (χ2n) is 8.45. The minimum absolute atomic E-state index is 0.140. The number of aromatic nitrogens is 5. The van der Waals surface area contributed by atoms with Crippen LogP contribution < -0.4 is 9.47 Å². The Balaban J connectivity index is 1.52. The van der Waals surface area contributed by atoms with E-state index in [1.165, 1.54) is 6.26 Å². The fraction of sp³-hybridized carbons (Fsp3) is 0.320. The Labute approximate surface area is 202 Å². The van der Waals surface area contributed by atoms with Gasteiger partial charge in [0.05, 0.1) is 43.4 Å².